The van der Waals surface area contributed by atoms with Crippen LogP contribution in [0.5, 0.6) is 5.75 Å². The van der Waals surface area contributed by atoms with E-state index in [1.165, 1.54) is 11.8 Å². The molecule has 0 radical (unpaired) electrons. The highest BCUT2D eigenvalue weighted by atomic mass is 16.5. The Labute approximate surface area is 198 Å². The number of imidazole rings is 1. The normalized spacial score (nSPS) is 12.7. The van der Waals surface area contributed by atoms with Crippen molar-refractivity contribution in [2.45, 2.75) is 6.42 Å². The van der Waals surface area contributed by atoms with Crippen LogP contribution in [-0.4, -0.2) is 22.4 Å². The standard InChI is InChI=1S/C30H23N3O/c31-19-6-9-25-24(16-17-29-26(25)18-20-34-29)21-12-14-22(15-13-21)30-32-27-10-4-5-11-28(27)33(30)23-7-2-1-3-8-23/h1-17,19,31H,18,20H2/b9-6-,31-19?. The number of fused-ring (bicyclic) bond motifs is 2. The van der Waals surface area contributed by atoms with Gasteiger partial charge in [0.2, 0.25) is 0 Å². The molecule has 4 heteroatoms. The van der Waals surface area contributed by atoms with Gasteiger partial charge in [-0.3, -0.25) is 4.57 Å². The number of rotatable bonds is 5. The molecule has 0 fully saturated rings. The quantitative estimate of drug-likeness (QED) is 0.300. The summed E-state index contributed by atoms with van der Waals surface area (Å²) >= 11 is 0. The van der Waals surface area contributed by atoms with Gasteiger partial charge in [-0.1, -0.05) is 66.7 Å². The average Bonchev–Trinajstić information content (AvgIpc) is 3.53. The maximum Gasteiger partial charge on any atom is 0.145 e. The number of hydrogen-bond donors (Lipinski definition) is 1. The van der Waals surface area contributed by atoms with Gasteiger partial charge in [-0.2, -0.15) is 0 Å². The molecule has 0 unspecified atom stereocenters. The lowest BCUT2D eigenvalue weighted by Crippen LogP contribution is -1.97. The van der Waals surface area contributed by atoms with Gasteiger partial charge in [0, 0.05) is 29.4 Å². The smallest absolute Gasteiger partial charge is 0.145 e. The fourth-order valence-electron chi connectivity index (χ4n) is 4.74. The van der Waals surface area contributed by atoms with Crippen molar-refractivity contribution < 1.29 is 4.74 Å². The van der Waals surface area contributed by atoms with Crippen LogP contribution >= 0.6 is 0 Å². The highest BCUT2D eigenvalue weighted by molar-refractivity contribution is 5.86. The first-order valence-corrected chi connectivity index (χ1v) is 11.4. The minimum atomic E-state index is 0.707. The van der Waals surface area contributed by atoms with Crippen LogP contribution < -0.4 is 4.74 Å². The molecule has 164 valence electrons. The number of ether oxygens (including phenoxy) is 1. The molecule has 0 bridgehead atoms. The van der Waals surface area contributed by atoms with Crippen LogP contribution in [0.3, 0.4) is 0 Å². The number of allylic oxidation sites excluding steroid dienone is 1. The Morgan fingerprint density at radius 1 is 0.824 bits per heavy atom. The van der Waals surface area contributed by atoms with Crippen LogP contribution in [0.25, 0.3) is 45.3 Å². The second kappa shape index (κ2) is 8.49. The van der Waals surface area contributed by atoms with E-state index in [9.17, 15) is 0 Å². The molecule has 4 nitrogen and oxygen atoms in total. The first-order valence-electron chi connectivity index (χ1n) is 11.4. The molecule has 0 spiro atoms. The van der Waals surface area contributed by atoms with Crippen LogP contribution in [0.2, 0.25) is 0 Å². The highest BCUT2D eigenvalue weighted by Crippen LogP contribution is 2.37. The molecule has 0 amide bonds. The van der Waals surface area contributed by atoms with Crippen molar-refractivity contribution in [2.75, 3.05) is 6.61 Å². The number of hydrogen-bond acceptors (Lipinski definition) is 3. The predicted molar refractivity (Wildman–Crippen MR) is 139 cm³/mol. The van der Waals surface area contributed by atoms with Gasteiger partial charge in [0.15, 0.2) is 0 Å². The summed E-state index contributed by atoms with van der Waals surface area (Å²) in [6.45, 7) is 0.707. The number of benzene rings is 4. The van der Waals surface area contributed by atoms with E-state index in [1.54, 1.807) is 6.08 Å². The van der Waals surface area contributed by atoms with Crippen molar-refractivity contribution in [1.29, 1.82) is 5.41 Å². The van der Waals surface area contributed by atoms with Crippen molar-refractivity contribution >= 4 is 23.3 Å². The Morgan fingerprint density at radius 3 is 2.41 bits per heavy atom. The van der Waals surface area contributed by atoms with E-state index in [0.717, 1.165) is 57.0 Å². The summed E-state index contributed by atoms with van der Waals surface area (Å²) < 4.78 is 7.99. The molecule has 6 rings (SSSR count). The maximum absolute atomic E-state index is 7.43. The van der Waals surface area contributed by atoms with Crippen molar-refractivity contribution in [2.24, 2.45) is 0 Å². The van der Waals surface area contributed by atoms with Crippen LogP contribution in [-0.2, 0) is 6.42 Å². The van der Waals surface area contributed by atoms with E-state index in [1.807, 2.05) is 18.2 Å². The van der Waals surface area contributed by atoms with E-state index < -0.39 is 0 Å². The summed E-state index contributed by atoms with van der Waals surface area (Å²) in [5.74, 6) is 1.87. The molecule has 0 atom stereocenters. The Balaban J connectivity index is 1.47. The largest absolute Gasteiger partial charge is 0.493 e. The van der Waals surface area contributed by atoms with Crippen LogP contribution in [0.15, 0.2) is 97.1 Å². The molecule has 0 saturated heterocycles. The monoisotopic (exact) mass is 441 g/mol. The molecule has 4 aromatic carbocycles. The van der Waals surface area contributed by atoms with Gasteiger partial charge in [-0.25, -0.2) is 4.98 Å². The fraction of sp³-hybridized carbons (Fsp3) is 0.0667. The van der Waals surface area contributed by atoms with E-state index in [2.05, 4.69) is 83.4 Å². The summed E-state index contributed by atoms with van der Waals surface area (Å²) in [4.78, 5) is 4.98. The minimum Gasteiger partial charge on any atom is -0.493 e. The van der Waals surface area contributed by atoms with E-state index in [0.29, 0.717) is 6.61 Å². The molecule has 5 aromatic rings. The zero-order valence-corrected chi connectivity index (χ0v) is 18.6. The second-order valence-electron chi connectivity index (χ2n) is 8.30. The molecule has 1 aliphatic heterocycles. The third-order valence-electron chi connectivity index (χ3n) is 6.31. The van der Waals surface area contributed by atoms with Gasteiger partial charge in [0.1, 0.15) is 11.6 Å². The van der Waals surface area contributed by atoms with E-state index >= 15 is 0 Å². The molecule has 1 N–H and O–H groups in total. The summed E-state index contributed by atoms with van der Waals surface area (Å²) in [7, 11) is 0. The molecule has 1 aromatic heterocycles. The van der Waals surface area contributed by atoms with Gasteiger partial charge in [0.05, 0.1) is 17.6 Å². The lowest BCUT2D eigenvalue weighted by molar-refractivity contribution is 0.357. The average molecular weight is 442 g/mol. The SMILES string of the molecule is N=C/C=C\c1c(-c2ccc(-c3nc4ccccc4n3-c3ccccc3)cc2)ccc2c1CCO2. The maximum atomic E-state index is 7.43. The van der Waals surface area contributed by atoms with Gasteiger partial charge in [-0.15, -0.1) is 0 Å². The third kappa shape index (κ3) is 3.41. The number of nitrogens with zero attached hydrogens (tertiary/aromatic N) is 2. The Bertz CT molecular complexity index is 1530. The molecule has 1 aliphatic rings. The van der Waals surface area contributed by atoms with Gasteiger partial charge < -0.3 is 10.1 Å². The molecule has 2 heterocycles. The van der Waals surface area contributed by atoms with E-state index in [-0.39, 0.29) is 0 Å². The highest BCUT2D eigenvalue weighted by Gasteiger charge is 2.19. The summed E-state index contributed by atoms with van der Waals surface area (Å²) in [5.41, 5.74) is 8.83. The zero-order chi connectivity index (χ0) is 22.9. The van der Waals surface area contributed by atoms with Gasteiger partial charge >= 0.3 is 0 Å². The van der Waals surface area contributed by atoms with Crippen molar-refractivity contribution in [1.82, 2.24) is 9.55 Å². The van der Waals surface area contributed by atoms with Crippen molar-refractivity contribution in [3.05, 3.63) is 108 Å². The molecule has 0 aliphatic carbocycles. The van der Waals surface area contributed by atoms with Crippen LogP contribution in [0.4, 0.5) is 0 Å². The second-order valence-corrected chi connectivity index (χ2v) is 8.30. The molecular weight excluding hydrogens is 418 g/mol. The Hall–Kier alpha value is -4.44. The lowest BCUT2D eigenvalue weighted by Gasteiger charge is -2.13. The summed E-state index contributed by atoms with van der Waals surface area (Å²) in [5, 5.41) is 7.43. The Morgan fingerprint density at radius 2 is 1.59 bits per heavy atom. The first-order chi connectivity index (χ1) is 16.8. The van der Waals surface area contributed by atoms with Crippen molar-refractivity contribution in [3.8, 4) is 34.0 Å². The van der Waals surface area contributed by atoms with Gasteiger partial charge in [0.25, 0.3) is 0 Å². The fourth-order valence-corrected chi connectivity index (χ4v) is 4.74. The number of aromatic nitrogens is 2. The van der Waals surface area contributed by atoms with E-state index in [4.69, 9.17) is 15.1 Å². The summed E-state index contributed by atoms with van der Waals surface area (Å²) in [6, 6.07) is 31.4. The third-order valence-corrected chi connectivity index (χ3v) is 6.31. The predicted octanol–water partition coefficient (Wildman–Crippen LogP) is 6.96. The molecule has 34 heavy (non-hydrogen) atoms. The van der Waals surface area contributed by atoms with Crippen LogP contribution in [0, 0.1) is 5.41 Å². The topological polar surface area (TPSA) is 50.9 Å². The Kier molecular flexibility index (Phi) is 5.04. The van der Waals surface area contributed by atoms with Crippen molar-refractivity contribution in [3.63, 3.8) is 0 Å². The number of nitrogens with one attached hydrogen (secondary N) is 1. The first kappa shape index (κ1) is 20.2. The molecular formula is C30H23N3O. The zero-order valence-electron chi connectivity index (χ0n) is 18.6. The number of para-hydroxylation sites is 3. The minimum absolute atomic E-state index is 0.707. The summed E-state index contributed by atoms with van der Waals surface area (Å²) in [6.07, 6.45) is 5.99. The van der Waals surface area contributed by atoms with Crippen LogP contribution in [0.1, 0.15) is 11.1 Å². The lowest BCUT2D eigenvalue weighted by atomic mass is 9.93. The van der Waals surface area contributed by atoms with Gasteiger partial charge in [-0.05, 0) is 53.1 Å². The molecule has 0 saturated carbocycles.